The molecule has 0 aromatic heterocycles. The Morgan fingerprint density at radius 3 is 2.64 bits per heavy atom. The zero-order valence-corrected chi connectivity index (χ0v) is 7.47. The summed E-state index contributed by atoms with van der Waals surface area (Å²) in [5.41, 5.74) is 0.442. The first-order valence-electron chi connectivity index (χ1n) is 4.52. The van der Waals surface area contributed by atoms with E-state index < -0.39 is 0 Å². The Labute approximate surface area is 68.5 Å². The van der Waals surface area contributed by atoms with Gasteiger partial charge in [0.2, 0.25) is 0 Å². The van der Waals surface area contributed by atoms with Crippen molar-refractivity contribution in [2.75, 3.05) is 26.8 Å². The van der Waals surface area contributed by atoms with Gasteiger partial charge >= 0.3 is 0 Å². The van der Waals surface area contributed by atoms with Gasteiger partial charge < -0.3 is 4.74 Å². The van der Waals surface area contributed by atoms with Gasteiger partial charge in [0.05, 0.1) is 18.8 Å². The predicted octanol–water partition coefficient (Wildman–Crippen LogP) is 1.12. The average molecular weight is 155 g/mol. The molecule has 0 aromatic rings. The van der Waals surface area contributed by atoms with Gasteiger partial charge in [-0.25, -0.2) is 0 Å². The van der Waals surface area contributed by atoms with Crippen LogP contribution in [0.4, 0.5) is 0 Å². The predicted molar refractivity (Wildman–Crippen MR) is 44.6 cm³/mol. The number of likely N-dealkylation sites (tertiary alicyclic amines) is 1. The Morgan fingerprint density at radius 2 is 2.18 bits per heavy atom. The van der Waals surface area contributed by atoms with Crippen LogP contribution in [-0.2, 0) is 4.74 Å². The summed E-state index contributed by atoms with van der Waals surface area (Å²) in [4.78, 5) is 2.48. The van der Waals surface area contributed by atoms with E-state index in [9.17, 15) is 0 Å². The molecule has 0 radical (unpaired) electrons. The first-order chi connectivity index (χ1) is 5.23. The molecule has 2 saturated heterocycles. The quantitative estimate of drug-likeness (QED) is 0.519. The minimum absolute atomic E-state index is 0.442. The SMILES string of the molecule is CC1CCN(C)C2(COC2)C1. The van der Waals surface area contributed by atoms with Gasteiger partial charge in [0.1, 0.15) is 0 Å². The monoisotopic (exact) mass is 155 g/mol. The van der Waals surface area contributed by atoms with Crippen LogP contribution in [-0.4, -0.2) is 37.2 Å². The highest BCUT2D eigenvalue weighted by molar-refractivity contribution is 4.99. The summed E-state index contributed by atoms with van der Waals surface area (Å²) in [7, 11) is 2.23. The Kier molecular flexibility index (Phi) is 1.69. The fourth-order valence-electron chi connectivity index (χ4n) is 2.23. The van der Waals surface area contributed by atoms with Crippen LogP contribution in [0.5, 0.6) is 0 Å². The van der Waals surface area contributed by atoms with Crippen molar-refractivity contribution >= 4 is 0 Å². The summed E-state index contributed by atoms with van der Waals surface area (Å²) < 4.78 is 5.29. The van der Waals surface area contributed by atoms with Crippen molar-refractivity contribution in [3.05, 3.63) is 0 Å². The molecule has 2 nitrogen and oxygen atoms in total. The van der Waals surface area contributed by atoms with Crippen LogP contribution >= 0.6 is 0 Å². The van der Waals surface area contributed by atoms with Gasteiger partial charge in [-0.2, -0.15) is 0 Å². The van der Waals surface area contributed by atoms with Crippen molar-refractivity contribution in [3.8, 4) is 0 Å². The maximum atomic E-state index is 5.29. The van der Waals surface area contributed by atoms with E-state index in [-0.39, 0.29) is 0 Å². The smallest absolute Gasteiger partial charge is 0.0678 e. The van der Waals surface area contributed by atoms with Gasteiger partial charge in [-0.1, -0.05) is 6.92 Å². The maximum absolute atomic E-state index is 5.29. The third-order valence-corrected chi connectivity index (χ3v) is 3.24. The number of likely N-dealkylation sites (N-methyl/N-ethyl adjacent to an activating group) is 1. The third kappa shape index (κ3) is 1.09. The summed E-state index contributed by atoms with van der Waals surface area (Å²) in [6.45, 7) is 5.54. The highest BCUT2D eigenvalue weighted by Crippen LogP contribution is 2.35. The minimum Gasteiger partial charge on any atom is -0.377 e. The molecule has 0 bridgehead atoms. The second-order valence-electron chi connectivity index (χ2n) is 4.24. The number of piperidine rings is 1. The summed E-state index contributed by atoms with van der Waals surface area (Å²) >= 11 is 0. The van der Waals surface area contributed by atoms with E-state index in [0.717, 1.165) is 19.1 Å². The summed E-state index contributed by atoms with van der Waals surface area (Å²) in [5, 5.41) is 0. The lowest BCUT2D eigenvalue weighted by atomic mass is 9.80. The van der Waals surface area contributed by atoms with Crippen LogP contribution in [0.1, 0.15) is 19.8 Å². The Hall–Kier alpha value is -0.0800. The van der Waals surface area contributed by atoms with Crippen molar-refractivity contribution in [1.82, 2.24) is 4.90 Å². The Morgan fingerprint density at radius 1 is 1.45 bits per heavy atom. The van der Waals surface area contributed by atoms with E-state index in [2.05, 4.69) is 18.9 Å². The normalized spacial score (nSPS) is 37.1. The first kappa shape index (κ1) is 7.56. The molecule has 11 heavy (non-hydrogen) atoms. The molecule has 0 aliphatic carbocycles. The molecule has 0 N–H and O–H groups in total. The van der Waals surface area contributed by atoms with Gasteiger partial charge in [0.15, 0.2) is 0 Å². The summed E-state index contributed by atoms with van der Waals surface area (Å²) in [5.74, 6) is 0.898. The molecule has 1 spiro atoms. The summed E-state index contributed by atoms with van der Waals surface area (Å²) in [6.07, 6.45) is 2.70. The van der Waals surface area contributed by atoms with Gasteiger partial charge in [-0.15, -0.1) is 0 Å². The topological polar surface area (TPSA) is 12.5 Å². The van der Waals surface area contributed by atoms with Crippen LogP contribution in [0.25, 0.3) is 0 Å². The van der Waals surface area contributed by atoms with Crippen LogP contribution in [0.2, 0.25) is 0 Å². The molecule has 2 rings (SSSR count). The zero-order chi connectivity index (χ0) is 7.90. The van der Waals surface area contributed by atoms with Crippen molar-refractivity contribution < 1.29 is 4.74 Å². The van der Waals surface area contributed by atoms with Crippen LogP contribution in [0.15, 0.2) is 0 Å². The average Bonchev–Trinajstić information content (AvgIpc) is 1.91. The molecule has 2 fully saturated rings. The highest BCUT2D eigenvalue weighted by atomic mass is 16.5. The molecule has 2 aliphatic rings. The van der Waals surface area contributed by atoms with Crippen LogP contribution < -0.4 is 0 Å². The van der Waals surface area contributed by atoms with E-state index in [1.165, 1.54) is 19.4 Å². The molecular weight excluding hydrogens is 138 g/mol. The molecular formula is C9H17NO. The lowest BCUT2D eigenvalue weighted by Crippen LogP contribution is -2.63. The Balaban J connectivity index is 2.04. The number of ether oxygens (including phenoxy) is 1. The van der Waals surface area contributed by atoms with Gasteiger partial charge in [-0.05, 0) is 32.4 Å². The van der Waals surface area contributed by atoms with Crippen molar-refractivity contribution in [2.24, 2.45) is 5.92 Å². The van der Waals surface area contributed by atoms with Crippen molar-refractivity contribution in [1.29, 1.82) is 0 Å². The van der Waals surface area contributed by atoms with Crippen LogP contribution in [0.3, 0.4) is 0 Å². The minimum atomic E-state index is 0.442. The second kappa shape index (κ2) is 2.46. The lowest BCUT2D eigenvalue weighted by Gasteiger charge is -2.52. The standard InChI is InChI=1S/C9H17NO/c1-8-3-4-10(2)9(5-8)6-11-7-9/h8H,3-7H2,1-2H3. The third-order valence-electron chi connectivity index (χ3n) is 3.24. The van der Waals surface area contributed by atoms with E-state index >= 15 is 0 Å². The molecule has 0 saturated carbocycles. The van der Waals surface area contributed by atoms with E-state index in [0.29, 0.717) is 5.54 Å². The Bertz CT molecular complexity index is 154. The molecule has 2 aliphatic heterocycles. The second-order valence-corrected chi connectivity index (χ2v) is 4.24. The number of hydrogen-bond donors (Lipinski definition) is 0. The highest BCUT2D eigenvalue weighted by Gasteiger charge is 2.45. The molecule has 2 heterocycles. The van der Waals surface area contributed by atoms with Crippen molar-refractivity contribution in [3.63, 3.8) is 0 Å². The first-order valence-corrected chi connectivity index (χ1v) is 4.52. The largest absolute Gasteiger partial charge is 0.377 e. The molecule has 2 heteroatoms. The summed E-state index contributed by atoms with van der Waals surface area (Å²) in [6, 6.07) is 0. The number of rotatable bonds is 0. The molecule has 1 unspecified atom stereocenters. The number of hydrogen-bond acceptors (Lipinski definition) is 2. The molecule has 0 aromatic carbocycles. The van der Waals surface area contributed by atoms with Gasteiger partial charge in [0, 0.05) is 0 Å². The van der Waals surface area contributed by atoms with E-state index in [4.69, 9.17) is 4.74 Å². The van der Waals surface area contributed by atoms with Crippen molar-refractivity contribution in [2.45, 2.75) is 25.3 Å². The molecule has 0 amide bonds. The van der Waals surface area contributed by atoms with E-state index in [1.807, 2.05) is 0 Å². The number of nitrogens with zero attached hydrogens (tertiary/aromatic N) is 1. The van der Waals surface area contributed by atoms with Gasteiger partial charge in [0.25, 0.3) is 0 Å². The van der Waals surface area contributed by atoms with Crippen LogP contribution in [0, 0.1) is 5.92 Å². The maximum Gasteiger partial charge on any atom is 0.0678 e. The fourth-order valence-corrected chi connectivity index (χ4v) is 2.23. The fraction of sp³-hybridized carbons (Fsp3) is 1.00. The molecule has 1 atom stereocenters. The lowest BCUT2D eigenvalue weighted by molar-refractivity contribution is -0.155. The van der Waals surface area contributed by atoms with Gasteiger partial charge in [-0.3, -0.25) is 4.90 Å². The zero-order valence-electron chi connectivity index (χ0n) is 7.47. The molecule has 64 valence electrons. The van der Waals surface area contributed by atoms with E-state index in [1.54, 1.807) is 0 Å².